The summed E-state index contributed by atoms with van der Waals surface area (Å²) in [6.07, 6.45) is 11.9. The molecular weight excluding hydrogens is 675 g/mol. The molecule has 0 spiro atoms. The number of hydrogen-bond acceptors (Lipinski definition) is 6. The molecule has 0 fully saturated rings. The van der Waals surface area contributed by atoms with Crippen LogP contribution < -0.4 is 10.2 Å². The number of amides is 1. The molecule has 2 heterocycles. The number of carbonyl (C=O) groups excluding carboxylic acids is 1. The van der Waals surface area contributed by atoms with Crippen LogP contribution in [-0.4, -0.2) is 53.8 Å². The van der Waals surface area contributed by atoms with Crippen LogP contribution in [-0.2, 0) is 25.7 Å². The van der Waals surface area contributed by atoms with Crippen LogP contribution in [0.1, 0.15) is 92.5 Å². The van der Waals surface area contributed by atoms with Gasteiger partial charge in [0, 0.05) is 53.5 Å². The van der Waals surface area contributed by atoms with Gasteiger partial charge in [0.15, 0.2) is 0 Å². The Balaban J connectivity index is 1.68. The number of carbonyl (C=O) groups is 2. The molecule has 1 aromatic heterocycles. The zero-order valence-electron chi connectivity index (χ0n) is 30.9. The third kappa shape index (κ3) is 10.2. The lowest BCUT2D eigenvalue weighted by molar-refractivity contribution is -0.137. The van der Waals surface area contributed by atoms with E-state index < -0.39 is 21.5 Å². The van der Waals surface area contributed by atoms with Gasteiger partial charge in [0.05, 0.1) is 17.0 Å². The molecule has 4 rings (SSSR count). The smallest absolute Gasteiger partial charge is 0.303 e. The summed E-state index contributed by atoms with van der Waals surface area (Å²) in [5, 5.41) is 11.7. The van der Waals surface area contributed by atoms with Gasteiger partial charge in [0.1, 0.15) is 0 Å². The highest BCUT2D eigenvalue weighted by Crippen LogP contribution is 2.47. The summed E-state index contributed by atoms with van der Waals surface area (Å²) < 4.78 is 32.5. The summed E-state index contributed by atoms with van der Waals surface area (Å²) in [4.78, 5) is 30.4. The Kier molecular flexibility index (Phi) is 13.2. The quantitative estimate of drug-likeness (QED) is 0.0720. The van der Waals surface area contributed by atoms with Crippen molar-refractivity contribution in [3.05, 3.63) is 137 Å². The van der Waals surface area contributed by atoms with Crippen LogP contribution in [0.25, 0.3) is 5.57 Å². The lowest BCUT2D eigenvalue weighted by atomic mass is 9.76. The van der Waals surface area contributed by atoms with Gasteiger partial charge in [-0.1, -0.05) is 101 Å². The molecule has 2 aromatic carbocycles. The number of fused-ring (bicyclic) bond motifs is 1. The standard InChI is InChI=1S/C42H51N3O6S/c1-30-15-9-10-16-34(30)41(3,4)31(2)20-21-32(36-24-22-33(29-44-36)40(48)43-26-13-7-8-19-39(46)47)23-25-38-42(5,6)35-17-11-12-18-37(35)45(38)27-14-28-52(49,50)51/h9-12,15-18,20-25,29H,2,7-8,13-14,19,26-28H2,1,3-6H3,(H,43,48)(H,46,47)(H,49,50,51)/b21-20+,32-23-,38-25+. The SMILES string of the molecule is C=C(/C=C/C(=C/C=C1/N(CCCS(=O)(=O)O)c2ccccc2C1(C)C)c1ccc(C(=O)NCCCCCC(=O)O)cn1)C(C)(C)c1ccccc1C. The van der Waals surface area contributed by atoms with Crippen LogP contribution in [0.2, 0.25) is 0 Å². The fraction of sp³-hybridized carbons (Fsp3) is 0.357. The molecule has 0 unspecified atom stereocenters. The second-order valence-electron chi connectivity index (χ2n) is 14.3. The topological polar surface area (TPSA) is 137 Å². The normalized spacial score (nSPS) is 15.2. The molecule has 10 heteroatoms. The number of pyridine rings is 1. The van der Waals surface area contributed by atoms with Crippen molar-refractivity contribution in [1.29, 1.82) is 0 Å². The Morgan fingerprint density at radius 2 is 1.69 bits per heavy atom. The molecule has 276 valence electrons. The van der Waals surface area contributed by atoms with Crippen LogP contribution in [0.15, 0.2) is 109 Å². The first-order valence-electron chi connectivity index (χ1n) is 17.7. The van der Waals surface area contributed by atoms with Gasteiger partial charge in [0.2, 0.25) is 0 Å². The molecule has 0 atom stereocenters. The lowest BCUT2D eigenvalue weighted by Gasteiger charge is -2.28. The molecule has 9 nitrogen and oxygen atoms in total. The minimum absolute atomic E-state index is 0.119. The number of anilines is 1. The predicted octanol–water partition coefficient (Wildman–Crippen LogP) is 8.20. The van der Waals surface area contributed by atoms with Crippen molar-refractivity contribution >= 4 is 33.3 Å². The minimum Gasteiger partial charge on any atom is -0.481 e. The summed E-state index contributed by atoms with van der Waals surface area (Å²) in [6, 6.07) is 19.9. The van der Waals surface area contributed by atoms with Crippen LogP contribution in [0.3, 0.4) is 0 Å². The van der Waals surface area contributed by atoms with Gasteiger partial charge < -0.3 is 15.3 Å². The van der Waals surface area contributed by atoms with Gasteiger partial charge in [-0.2, -0.15) is 8.42 Å². The summed E-state index contributed by atoms with van der Waals surface area (Å²) in [6.45, 7) is 15.9. The molecule has 0 aliphatic carbocycles. The molecule has 1 aliphatic heterocycles. The van der Waals surface area contributed by atoms with Crippen molar-refractivity contribution in [2.24, 2.45) is 0 Å². The van der Waals surface area contributed by atoms with Gasteiger partial charge in [-0.25, -0.2) is 0 Å². The minimum atomic E-state index is -4.11. The summed E-state index contributed by atoms with van der Waals surface area (Å²) >= 11 is 0. The van der Waals surface area contributed by atoms with Crippen LogP contribution in [0.5, 0.6) is 0 Å². The third-order valence-corrected chi connectivity index (χ3v) is 10.6. The van der Waals surface area contributed by atoms with E-state index in [2.05, 4.69) is 69.6 Å². The molecule has 1 amide bonds. The maximum absolute atomic E-state index is 12.9. The second kappa shape index (κ2) is 17.1. The van der Waals surface area contributed by atoms with Gasteiger partial charge in [0.25, 0.3) is 16.0 Å². The molecule has 0 bridgehead atoms. The van der Waals surface area contributed by atoms with Crippen molar-refractivity contribution in [3.63, 3.8) is 0 Å². The fourth-order valence-corrected chi connectivity index (χ4v) is 7.10. The number of para-hydroxylation sites is 1. The van der Waals surface area contributed by atoms with E-state index in [0.29, 0.717) is 43.6 Å². The molecule has 0 saturated heterocycles. The molecule has 3 N–H and O–H groups in total. The Morgan fingerprint density at radius 1 is 0.981 bits per heavy atom. The largest absolute Gasteiger partial charge is 0.481 e. The number of benzene rings is 2. The number of rotatable bonds is 17. The van der Waals surface area contributed by atoms with Gasteiger partial charge in [-0.15, -0.1) is 0 Å². The van der Waals surface area contributed by atoms with E-state index >= 15 is 0 Å². The van der Waals surface area contributed by atoms with Crippen LogP contribution in [0.4, 0.5) is 5.69 Å². The summed E-state index contributed by atoms with van der Waals surface area (Å²) in [5.74, 6) is -1.41. The maximum atomic E-state index is 12.9. The van der Waals surface area contributed by atoms with Crippen molar-refractivity contribution in [1.82, 2.24) is 10.3 Å². The number of aromatic nitrogens is 1. The zero-order chi connectivity index (χ0) is 38.1. The average molecular weight is 726 g/mol. The van der Waals surface area contributed by atoms with E-state index in [9.17, 15) is 22.6 Å². The Bertz CT molecular complexity index is 1970. The Morgan fingerprint density at radius 3 is 2.37 bits per heavy atom. The third-order valence-electron chi connectivity index (χ3n) is 9.76. The zero-order valence-corrected chi connectivity index (χ0v) is 31.7. The molecule has 0 saturated carbocycles. The highest BCUT2D eigenvalue weighted by molar-refractivity contribution is 7.85. The van der Waals surface area contributed by atoms with Gasteiger partial charge in [-0.3, -0.25) is 19.1 Å². The molecular formula is C42H51N3O6S. The second-order valence-corrected chi connectivity index (χ2v) is 15.9. The highest BCUT2D eigenvalue weighted by Gasteiger charge is 2.39. The van der Waals surface area contributed by atoms with Crippen LogP contribution >= 0.6 is 0 Å². The van der Waals surface area contributed by atoms with Crippen molar-refractivity contribution < 1.29 is 27.7 Å². The number of nitrogens with one attached hydrogen (secondary N) is 1. The average Bonchev–Trinajstić information content (AvgIpc) is 3.30. The monoisotopic (exact) mass is 725 g/mol. The van der Waals surface area contributed by atoms with E-state index in [1.165, 1.54) is 11.1 Å². The van der Waals surface area contributed by atoms with E-state index in [1.54, 1.807) is 12.3 Å². The number of carboxylic acids is 1. The van der Waals surface area contributed by atoms with E-state index in [1.807, 2.05) is 60.7 Å². The predicted molar refractivity (Wildman–Crippen MR) is 209 cm³/mol. The number of allylic oxidation sites excluding steroid dienone is 7. The number of unbranched alkanes of at least 4 members (excludes halogenated alkanes) is 2. The first-order chi connectivity index (χ1) is 24.5. The molecule has 1 aliphatic rings. The Labute approximate surface area is 308 Å². The van der Waals surface area contributed by atoms with E-state index in [4.69, 9.17) is 10.1 Å². The molecule has 3 aromatic rings. The van der Waals surface area contributed by atoms with Gasteiger partial charge in [-0.05, 0) is 72.7 Å². The van der Waals surface area contributed by atoms with E-state index in [-0.39, 0.29) is 29.9 Å². The number of carboxylic acid groups (broad SMARTS) is 1. The number of aliphatic carboxylic acids is 1. The molecule has 0 radical (unpaired) electrons. The maximum Gasteiger partial charge on any atom is 0.303 e. The highest BCUT2D eigenvalue weighted by atomic mass is 32.2. The van der Waals surface area contributed by atoms with Crippen molar-refractivity contribution in [2.75, 3.05) is 23.7 Å². The number of aryl methyl sites for hydroxylation is 1. The van der Waals surface area contributed by atoms with Crippen molar-refractivity contribution in [3.8, 4) is 0 Å². The fourth-order valence-electron chi connectivity index (χ4n) is 6.61. The Hall–Kier alpha value is -4.80. The number of nitrogens with zero attached hydrogens (tertiary/aromatic N) is 2. The van der Waals surface area contributed by atoms with Gasteiger partial charge >= 0.3 is 5.97 Å². The first kappa shape index (κ1) is 40.0. The summed E-state index contributed by atoms with van der Waals surface area (Å²) in [7, 11) is -4.11. The first-order valence-corrected chi connectivity index (χ1v) is 19.3. The van der Waals surface area contributed by atoms with Crippen molar-refractivity contribution in [2.45, 2.75) is 77.6 Å². The lowest BCUT2D eigenvalue weighted by Crippen LogP contribution is -2.28. The molecule has 52 heavy (non-hydrogen) atoms. The van der Waals surface area contributed by atoms with Crippen LogP contribution in [0, 0.1) is 6.92 Å². The number of hydrogen-bond donors (Lipinski definition) is 3. The van der Waals surface area contributed by atoms with E-state index in [0.717, 1.165) is 28.1 Å². The summed E-state index contributed by atoms with van der Waals surface area (Å²) in [5.41, 5.74) is 7.41.